The van der Waals surface area contributed by atoms with E-state index in [1.165, 1.54) is 0 Å². The predicted octanol–water partition coefficient (Wildman–Crippen LogP) is 4.89. The van der Waals surface area contributed by atoms with Gasteiger partial charge in [-0.3, -0.25) is 4.98 Å². The molecule has 4 heteroatoms. The summed E-state index contributed by atoms with van der Waals surface area (Å²) in [5, 5.41) is 1.12. The van der Waals surface area contributed by atoms with Gasteiger partial charge in [0.1, 0.15) is 10.4 Å². The van der Waals surface area contributed by atoms with Gasteiger partial charge >= 0.3 is 0 Å². The van der Waals surface area contributed by atoms with Crippen molar-refractivity contribution in [2.24, 2.45) is 0 Å². The van der Waals surface area contributed by atoms with Crippen LogP contribution in [0.15, 0.2) is 41.0 Å². The Morgan fingerprint density at radius 2 is 1.76 bits per heavy atom. The van der Waals surface area contributed by atoms with Crippen LogP contribution in [0.25, 0.3) is 22.2 Å². The zero-order valence-corrected chi connectivity index (χ0v) is 13.8. The summed E-state index contributed by atoms with van der Waals surface area (Å²) in [6, 6.07) is 12.3. The van der Waals surface area contributed by atoms with E-state index in [9.17, 15) is 0 Å². The maximum Gasteiger partial charge on any atom is 0.132 e. The minimum Gasteiger partial charge on any atom is -0.253 e. The van der Waals surface area contributed by atoms with E-state index in [-0.39, 0.29) is 0 Å². The second-order valence-electron chi connectivity index (χ2n) is 5.45. The fraction of sp³-hybridized carbons (Fsp3) is 0.235. The van der Waals surface area contributed by atoms with E-state index in [4.69, 9.17) is 0 Å². The highest BCUT2D eigenvalue weighted by molar-refractivity contribution is 9.10. The number of benzene rings is 1. The average molecular weight is 342 g/mol. The third kappa shape index (κ3) is 2.95. The standard InChI is InChI=1S/C17H16BrN3/c1-10(2)17-20-15(9-16(18)21-17)13-6-7-14-12(8-13)5-4-11(3)19-14/h4-10H,1-3H3. The molecule has 0 bridgehead atoms. The summed E-state index contributed by atoms with van der Waals surface area (Å²) >= 11 is 3.47. The van der Waals surface area contributed by atoms with Crippen molar-refractivity contribution in [3.05, 3.63) is 52.5 Å². The Hall–Kier alpha value is -1.81. The molecular formula is C17H16BrN3. The summed E-state index contributed by atoms with van der Waals surface area (Å²) in [7, 11) is 0. The van der Waals surface area contributed by atoms with Crippen molar-refractivity contribution in [3.63, 3.8) is 0 Å². The van der Waals surface area contributed by atoms with Gasteiger partial charge in [0.25, 0.3) is 0 Å². The SMILES string of the molecule is Cc1ccc2cc(-c3cc(Br)nc(C(C)C)n3)ccc2n1. The molecule has 2 aromatic heterocycles. The van der Waals surface area contributed by atoms with Crippen molar-refractivity contribution in [1.29, 1.82) is 0 Å². The van der Waals surface area contributed by atoms with E-state index >= 15 is 0 Å². The summed E-state index contributed by atoms with van der Waals surface area (Å²) < 4.78 is 0.818. The maximum atomic E-state index is 4.67. The lowest BCUT2D eigenvalue weighted by Gasteiger charge is -2.08. The van der Waals surface area contributed by atoms with Crippen molar-refractivity contribution in [1.82, 2.24) is 15.0 Å². The van der Waals surface area contributed by atoms with Crippen LogP contribution in [0, 0.1) is 6.92 Å². The van der Waals surface area contributed by atoms with Crippen LogP contribution in [0.5, 0.6) is 0 Å². The first-order valence-corrected chi connectivity index (χ1v) is 7.74. The van der Waals surface area contributed by atoms with Crippen LogP contribution in [0.3, 0.4) is 0 Å². The number of hydrogen-bond acceptors (Lipinski definition) is 3. The molecule has 3 aromatic rings. The summed E-state index contributed by atoms with van der Waals surface area (Å²) in [4.78, 5) is 13.6. The van der Waals surface area contributed by atoms with Crippen molar-refractivity contribution in [2.75, 3.05) is 0 Å². The van der Waals surface area contributed by atoms with Crippen LogP contribution in [-0.2, 0) is 0 Å². The number of hydrogen-bond donors (Lipinski definition) is 0. The van der Waals surface area contributed by atoms with Gasteiger partial charge in [-0.2, -0.15) is 0 Å². The number of fused-ring (bicyclic) bond motifs is 1. The Labute approximate surface area is 132 Å². The van der Waals surface area contributed by atoms with Gasteiger partial charge in [-0.25, -0.2) is 9.97 Å². The van der Waals surface area contributed by atoms with E-state index in [2.05, 4.69) is 62.9 Å². The van der Waals surface area contributed by atoms with Gasteiger partial charge in [0.2, 0.25) is 0 Å². The molecule has 3 nitrogen and oxygen atoms in total. The molecular weight excluding hydrogens is 326 g/mol. The predicted molar refractivity (Wildman–Crippen MR) is 89.3 cm³/mol. The van der Waals surface area contributed by atoms with Gasteiger partial charge in [0.05, 0.1) is 11.2 Å². The van der Waals surface area contributed by atoms with Gasteiger partial charge in [0, 0.05) is 22.6 Å². The number of pyridine rings is 1. The molecule has 0 saturated heterocycles. The Kier molecular flexibility index (Phi) is 3.72. The van der Waals surface area contributed by atoms with E-state index < -0.39 is 0 Å². The molecule has 106 valence electrons. The fourth-order valence-electron chi connectivity index (χ4n) is 2.23. The molecule has 0 N–H and O–H groups in total. The van der Waals surface area contributed by atoms with Crippen LogP contribution in [0.1, 0.15) is 31.3 Å². The van der Waals surface area contributed by atoms with Crippen LogP contribution < -0.4 is 0 Å². The van der Waals surface area contributed by atoms with E-state index in [0.29, 0.717) is 5.92 Å². The van der Waals surface area contributed by atoms with Gasteiger partial charge in [-0.15, -0.1) is 0 Å². The Morgan fingerprint density at radius 3 is 2.52 bits per heavy atom. The molecule has 0 unspecified atom stereocenters. The van der Waals surface area contributed by atoms with E-state index in [0.717, 1.165) is 38.3 Å². The smallest absolute Gasteiger partial charge is 0.132 e. The minimum absolute atomic E-state index is 0.297. The lowest BCUT2D eigenvalue weighted by molar-refractivity contribution is 0.771. The molecule has 2 heterocycles. The zero-order valence-electron chi connectivity index (χ0n) is 12.3. The summed E-state index contributed by atoms with van der Waals surface area (Å²) in [6.07, 6.45) is 0. The first kappa shape index (κ1) is 14.1. The normalized spacial score (nSPS) is 11.3. The summed E-state index contributed by atoms with van der Waals surface area (Å²) in [6.45, 7) is 6.20. The van der Waals surface area contributed by atoms with Crippen LogP contribution in [0.4, 0.5) is 0 Å². The third-order valence-corrected chi connectivity index (χ3v) is 3.76. The molecule has 1 aromatic carbocycles. The zero-order chi connectivity index (χ0) is 15.0. The highest BCUT2D eigenvalue weighted by atomic mass is 79.9. The molecule has 21 heavy (non-hydrogen) atoms. The molecule has 0 spiro atoms. The first-order chi connectivity index (χ1) is 10.0. The van der Waals surface area contributed by atoms with Gasteiger partial charge < -0.3 is 0 Å². The highest BCUT2D eigenvalue weighted by Gasteiger charge is 2.09. The average Bonchev–Trinajstić information content (AvgIpc) is 2.46. The van der Waals surface area contributed by atoms with Crippen molar-refractivity contribution in [3.8, 4) is 11.3 Å². The summed E-state index contributed by atoms with van der Waals surface area (Å²) in [5.41, 5.74) is 4.05. The van der Waals surface area contributed by atoms with Gasteiger partial charge in [-0.1, -0.05) is 26.0 Å². The van der Waals surface area contributed by atoms with Crippen LogP contribution in [-0.4, -0.2) is 15.0 Å². The number of nitrogens with zero attached hydrogens (tertiary/aromatic N) is 3. The third-order valence-electron chi connectivity index (χ3n) is 3.35. The Bertz CT molecular complexity index is 812. The number of aryl methyl sites for hydroxylation is 1. The molecule has 0 amide bonds. The number of halogens is 1. The summed E-state index contributed by atoms with van der Waals surface area (Å²) in [5.74, 6) is 1.15. The second-order valence-corrected chi connectivity index (χ2v) is 6.26. The molecule has 0 aliphatic rings. The van der Waals surface area contributed by atoms with Crippen LogP contribution >= 0.6 is 15.9 Å². The first-order valence-electron chi connectivity index (χ1n) is 6.95. The van der Waals surface area contributed by atoms with Crippen molar-refractivity contribution >= 4 is 26.8 Å². The Balaban J connectivity index is 2.14. The number of rotatable bonds is 2. The molecule has 0 aliphatic carbocycles. The quantitative estimate of drug-likeness (QED) is 0.623. The lowest BCUT2D eigenvalue weighted by Crippen LogP contribution is -1.99. The monoisotopic (exact) mass is 341 g/mol. The Morgan fingerprint density at radius 1 is 0.952 bits per heavy atom. The minimum atomic E-state index is 0.297. The van der Waals surface area contributed by atoms with E-state index in [1.807, 2.05) is 25.1 Å². The van der Waals surface area contributed by atoms with Crippen molar-refractivity contribution in [2.45, 2.75) is 26.7 Å². The number of aromatic nitrogens is 3. The maximum absolute atomic E-state index is 4.67. The molecule has 0 fully saturated rings. The van der Waals surface area contributed by atoms with Crippen LogP contribution in [0.2, 0.25) is 0 Å². The molecule has 0 atom stereocenters. The van der Waals surface area contributed by atoms with Gasteiger partial charge in [0.15, 0.2) is 0 Å². The van der Waals surface area contributed by atoms with Gasteiger partial charge in [-0.05, 0) is 47.1 Å². The highest BCUT2D eigenvalue weighted by Crippen LogP contribution is 2.25. The molecule has 0 aliphatic heterocycles. The molecule has 3 rings (SSSR count). The lowest BCUT2D eigenvalue weighted by atomic mass is 10.1. The topological polar surface area (TPSA) is 38.7 Å². The largest absolute Gasteiger partial charge is 0.253 e. The molecule has 0 saturated carbocycles. The second kappa shape index (κ2) is 5.53. The van der Waals surface area contributed by atoms with Crippen molar-refractivity contribution < 1.29 is 0 Å². The molecule has 0 radical (unpaired) electrons. The fourth-order valence-corrected chi connectivity index (χ4v) is 2.63. The van der Waals surface area contributed by atoms with E-state index in [1.54, 1.807) is 0 Å².